The van der Waals surface area contributed by atoms with Gasteiger partial charge in [-0.2, -0.15) is 0 Å². The molecule has 35 heavy (non-hydrogen) atoms. The fourth-order valence-electron chi connectivity index (χ4n) is 4.11. The lowest BCUT2D eigenvalue weighted by molar-refractivity contribution is -0.139. The van der Waals surface area contributed by atoms with Gasteiger partial charge in [0.05, 0.1) is 11.9 Å². The lowest BCUT2D eigenvalue weighted by atomic mass is 10.1. The molecule has 190 valence electrons. The molecule has 2 amide bonds. The second-order valence-corrected chi connectivity index (χ2v) is 11.3. The number of amides is 2. The number of hydrogen-bond donors (Lipinski definition) is 1. The van der Waals surface area contributed by atoms with E-state index in [1.165, 1.54) is 35.2 Å². The van der Waals surface area contributed by atoms with Gasteiger partial charge in [0.1, 0.15) is 18.4 Å². The summed E-state index contributed by atoms with van der Waals surface area (Å²) >= 11 is 6.20. The highest BCUT2D eigenvalue weighted by Crippen LogP contribution is 2.25. The third kappa shape index (κ3) is 7.18. The maximum Gasteiger partial charge on any atom is 0.244 e. The van der Waals surface area contributed by atoms with E-state index in [0.29, 0.717) is 10.6 Å². The summed E-state index contributed by atoms with van der Waals surface area (Å²) in [5, 5.41) is 3.37. The maximum atomic E-state index is 13.5. The van der Waals surface area contributed by atoms with Crippen molar-refractivity contribution in [3.63, 3.8) is 0 Å². The second kappa shape index (κ2) is 11.4. The Morgan fingerprint density at radius 2 is 1.77 bits per heavy atom. The van der Waals surface area contributed by atoms with Crippen LogP contribution in [-0.4, -0.2) is 50.0 Å². The van der Waals surface area contributed by atoms with Gasteiger partial charge in [0, 0.05) is 17.6 Å². The highest BCUT2D eigenvalue weighted by Gasteiger charge is 2.31. The lowest BCUT2D eigenvalue weighted by Crippen LogP contribution is -2.52. The van der Waals surface area contributed by atoms with E-state index in [2.05, 4.69) is 5.32 Å². The number of anilines is 1. The predicted octanol–water partition coefficient (Wildman–Crippen LogP) is 4.03. The molecule has 1 saturated carbocycles. The molecule has 1 aliphatic rings. The number of nitrogens with zero attached hydrogens (tertiary/aromatic N) is 2. The van der Waals surface area contributed by atoms with Crippen molar-refractivity contribution in [1.29, 1.82) is 0 Å². The monoisotopic (exact) mass is 523 g/mol. The van der Waals surface area contributed by atoms with Crippen molar-refractivity contribution in [2.75, 3.05) is 17.1 Å². The Morgan fingerprint density at radius 3 is 2.34 bits per heavy atom. The van der Waals surface area contributed by atoms with Crippen LogP contribution in [0.3, 0.4) is 0 Å². The number of rotatable bonds is 9. The smallest absolute Gasteiger partial charge is 0.244 e. The molecular formula is C25H31ClFN3O4S. The highest BCUT2D eigenvalue weighted by molar-refractivity contribution is 7.92. The molecule has 0 unspecified atom stereocenters. The molecular weight excluding hydrogens is 493 g/mol. The number of carbonyl (C=O) groups is 2. The van der Waals surface area contributed by atoms with Gasteiger partial charge in [-0.05, 0) is 62.1 Å². The molecule has 1 N–H and O–H groups in total. The highest BCUT2D eigenvalue weighted by atomic mass is 35.5. The molecule has 2 aromatic carbocycles. The SMILES string of the molecule is Cc1ccc(N(CC(=O)N(Cc2ccc(F)cc2)[C@@H](C)C(=O)NC2CCCC2)S(C)(=O)=O)cc1Cl. The molecule has 1 aliphatic carbocycles. The van der Waals surface area contributed by atoms with Crippen LogP contribution in [0.2, 0.25) is 5.02 Å². The van der Waals surface area contributed by atoms with Crippen LogP contribution in [0.15, 0.2) is 42.5 Å². The van der Waals surface area contributed by atoms with E-state index in [4.69, 9.17) is 11.6 Å². The summed E-state index contributed by atoms with van der Waals surface area (Å²) < 4.78 is 39.6. The summed E-state index contributed by atoms with van der Waals surface area (Å²) in [4.78, 5) is 27.8. The number of sulfonamides is 1. The Bertz CT molecular complexity index is 1170. The van der Waals surface area contributed by atoms with Crippen LogP contribution < -0.4 is 9.62 Å². The Hall–Kier alpha value is -2.65. The molecule has 0 aliphatic heterocycles. The molecule has 3 rings (SSSR count). The minimum atomic E-state index is -3.84. The van der Waals surface area contributed by atoms with Crippen LogP contribution in [-0.2, 0) is 26.2 Å². The quantitative estimate of drug-likeness (QED) is 0.537. The first-order valence-corrected chi connectivity index (χ1v) is 13.8. The van der Waals surface area contributed by atoms with E-state index in [1.807, 2.05) is 0 Å². The molecule has 2 aromatic rings. The molecule has 0 saturated heterocycles. The standard InChI is InChI=1S/C25H31ClFN3O4S/c1-17-8-13-22(14-23(17)26)30(35(3,33)34)16-24(31)29(15-19-9-11-20(27)12-10-19)18(2)25(32)28-21-6-4-5-7-21/h8-14,18,21H,4-7,15-16H2,1-3H3,(H,28,32)/t18-/m0/s1. The number of halogens is 2. The van der Waals surface area contributed by atoms with E-state index >= 15 is 0 Å². The van der Waals surface area contributed by atoms with E-state index < -0.39 is 34.3 Å². The third-order valence-electron chi connectivity index (χ3n) is 6.26. The Labute approximate surface area is 211 Å². The van der Waals surface area contributed by atoms with Gasteiger partial charge in [0.2, 0.25) is 21.8 Å². The number of hydrogen-bond acceptors (Lipinski definition) is 4. The van der Waals surface area contributed by atoms with Crippen molar-refractivity contribution in [1.82, 2.24) is 10.2 Å². The summed E-state index contributed by atoms with van der Waals surface area (Å²) in [5.41, 5.74) is 1.64. The number of benzene rings is 2. The molecule has 1 fully saturated rings. The first-order chi connectivity index (χ1) is 16.5. The van der Waals surface area contributed by atoms with E-state index in [1.54, 1.807) is 26.0 Å². The summed E-state index contributed by atoms with van der Waals surface area (Å²) in [7, 11) is -3.84. The molecule has 0 radical (unpaired) electrons. The molecule has 10 heteroatoms. The van der Waals surface area contributed by atoms with Crippen molar-refractivity contribution < 1.29 is 22.4 Å². The van der Waals surface area contributed by atoms with Crippen LogP contribution in [0.25, 0.3) is 0 Å². The average molecular weight is 524 g/mol. The summed E-state index contributed by atoms with van der Waals surface area (Å²) in [5.74, 6) is -1.29. The summed E-state index contributed by atoms with van der Waals surface area (Å²) in [6.45, 7) is 2.90. The topological polar surface area (TPSA) is 86.8 Å². The lowest BCUT2D eigenvalue weighted by Gasteiger charge is -2.32. The summed E-state index contributed by atoms with van der Waals surface area (Å²) in [6.07, 6.45) is 4.87. The zero-order valence-electron chi connectivity index (χ0n) is 20.1. The van der Waals surface area contributed by atoms with Gasteiger partial charge in [0.25, 0.3) is 0 Å². The van der Waals surface area contributed by atoms with E-state index in [-0.39, 0.29) is 24.2 Å². The van der Waals surface area contributed by atoms with Gasteiger partial charge in [-0.15, -0.1) is 0 Å². The molecule has 1 atom stereocenters. The van der Waals surface area contributed by atoms with Crippen molar-refractivity contribution in [2.45, 2.75) is 58.2 Å². The van der Waals surface area contributed by atoms with E-state index in [9.17, 15) is 22.4 Å². The zero-order valence-corrected chi connectivity index (χ0v) is 21.7. The van der Waals surface area contributed by atoms with Gasteiger partial charge < -0.3 is 10.2 Å². The number of aryl methyl sites for hydroxylation is 1. The average Bonchev–Trinajstić information content (AvgIpc) is 3.30. The van der Waals surface area contributed by atoms with Crippen molar-refractivity contribution in [3.05, 3.63) is 64.4 Å². The van der Waals surface area contributed by atoms with Crippen LogP contribution in [0.1, 0.15) is 43.7 Å². The predicted molar refractivity (Wildman–Crippen MR) is 135 cm³/mol. The summed E-state index contributed by atoms with van der Waals surface area (Å²) in [6, 6.07) is 9.56. The van der Waals surface area contributed by atoms with Gasteiger partial charge in [-0.25, -0.2) is 12.8 Å². The molecule has 7 nitrogen and oxygen atoms in total. The first-order valence-electron chi connectivity index (χ1n) is 11.5. The van der Waals surface area contributed by atoms with Crippen LogP contribution >= 0.6 is 11.6 Å². The Morgan fingerprint density at radius 1 is 1.14 bits per heavy atom. The van der Waals surface area contributed by atoms with Gasteiger partial charge in [0.15, 0.2) is 0 Å². The minimum Gasteiger partial charge on any atom is -0.352 e. The van der Waals surface area contributed by atoms with Crippen molar-refractivity contribution >= 4 is 39.1 Å². The Kier molecular flexibility index (Phi) is 8.77. The van der Waals surface area contributed by atoms with Gasteiger partial charge in [-0.1, -0.05) is 42.6 Å². The normalized spacial score (nSPS) is 15.0. The van der Waals surface area contributed by atoms with E-state index in [0.717, 1.165) is 41.8 Å². The van der Waals surface area contributed by atoms with Gasteiger partial charge in [-0.3, -0.25) is 13.9 Å². The van der Waals surface area contributed by atoms with Crippen LogP contribution in [0, 0.1) is 12.7 Å². The fourth-order valence-corrected chi connectivity index (χ4v) is 5.13. The first kappa shape index (κ1) is 26.9. The van der Waals surface area contributed by atoms with Crippen LogP contribution in [0.5, 0.6) is 0 Å². The van der Waals surface area contributed by atoms with Crippen molar-refractivity contribution in [3.8, 4) is 0 Å². The Balaban J connectivity index is 1.88. The number of carbonyl (C=O) groups excluding carboxylic acids is 2. The van der Waals surface area contributed by atoms with Crippen molar-refractivity contribution in [2.24, 2.45) is 0 Å². The molecule has 0 bridgehead atoms. The maximum absolute atomic E-state index is 13.5. The van der Waals surface area contributed by atoms with Gasteiger partial charge >= 0.3 is 0 Å². The molecule has 0 heterocycles. The second-order valence-electron chi connectivity index (χ2n) is 9.02. The number of nitrogens with one attached hydrogen (secondary N) is 1. The molecule has 0 spiro atoms. The molecule has 0 aromatic heterocycles. The van der Waals surface area contributed by atoms with Crippen LogP contribution in [0.4, 0.5) is 10.1 Å². The largest absolute Gasteiger partial charge is 0.352 e. The third-order valence-corrected chi connectivity index (χ3v) is 7.81. The minimum absolute atomic E-state index is 0.0185. The fraction of sp³-hybridized carbons (Fsp3) is 0.440. The zero-order chi connectivity index (χ0) is 25.8.